The predicted octanol–water partition coefficient (Wildman–Crippen LogP) is 4.06. The van der Waals surface area contributed by atoms with E-state index in [9.17, 15) is 4.79 Å². The molecule has 5 heteroatoms. The topological polar surface area (TPSA) is 44.1 Å². The Morgan fingerprint density at radius 2 is 1.95 bits per heavy atom. The van der Waals surface area contributed by atoms with Crippen LogP contribution in [-0.2, 0) is 6.54 Å². The quantitative estimate of drug-likeness (QED) is 0.660. The molecule has 4 nitrogen and oxygen atoms in total. The molecule has 0 aliphatic heterocycles. The number of carbonyl (C=O) groups excluding carboxylic acids is 1. The summed E-state index contributed by atoms with van der Waals surface area (Å²) in [5.74, 6) is 0.794. The number of halogens is 1. The number of ether oxygens (including phenoxy) is 1. The minimum absolute atomic E-state index is 0.0270. The van der Waals surface area contributed by atoms with Gasteiger partial charge in [0, 0.05) is 16.8 Å². The molecular weight excluding hydrogens is 344 g/mol. The number of benzene rings is 2. The number of fused-ring (bicyclic) bond motifs is 1. The first-order valence-electron chi connectivity index (χ1n) is 6.88. The third-order valence-electron chi connectivity index (χ3n) is 3.54. The zero-order valence-corrected chi connectivity index (χ0v) is 13.9. The van der Waals surface area contributed by atoms with Crippen LogP contribution in [0.1, 0.15) is 23.0 Å². The molecule has 0 atom stereocenters. The van der Waals surface area contributed by atoms with E-state index >= 15 is 0 Å². The number of hydrogen-bond donors (Lipinski definition) is 0. The molecule has 0 unspecified atom stereocenters. The molecule has 0 fully saturated rings. The first kappa shape index (κ1) is 14.8. The first-order valence-corrected chi connectivity index (χ1v) is 7.67. The van der Waals surface area contributed by atoms with Gasteiger partial charge in [0.15, 0.2) is 5.78 Å². The SMILES string of the molecule is COc1ccc(Cn2nc(C(C)=O)c3ccc(Br)cc32)cc1. The van der Waals surface area contributed by atoms with Crippen LogP contribution in [0.2, 0.25) is 0 Å². The second-order valence-corrected chi connectivity index (χ2v) is 5.99. The Morgan fingerprint density at radius 3 is 2.59 bits per heavy atom. The van der Waals surface area contributed by atoms with Gasteiger partial charge >= 0.3 is 0 Å². The first-order chi connectivity index (χ1) is 10.6. The van der Waals surface area contributed by atoms with Crippen LogP contribution in [0.4, 0.5) is 0 Å². The third kappa shape index (κ3) is 2.76. The van der Waals surface area contributed by atoms with Gasteiger partial charge in [-0.15, -0.1) is 0 Å². The summed E-state index contributed by atoms with van der Waals surface area (Å²) < 4.78 is 7.99. The molecule has 1 heterocycles. The lowest BCUT2D eigenvalue weighted by molar-refractivity contribution is 0.101. The van der Waals surface area contributed by atoms with Crippen molar-refractivity contribution in [3.63, 3.8) is 0 Å². The molecule has 0 bridgehead atoms. The van der Waals surface area contributed by atoms with Gasteiger partial charge in [-0.25, -0.2) is 0 Å². The van der Waals surface area contributed by atoms with Gasteiger partial charge < -0.3 is 4.74 Å². The van der Waals surface area contributed by atoms with Gasteiger partial charge in [0.1, 0.15) is 11.4 Å². The molecule has 3 rings (SSSR count). The fraction of sp³-hybridized carbons (Fsp3) is 0.176. The normalized spacial score (nSPS) is 10.9. The Balaban J connectivity index is 2.05. The summed E-state index contributed by atoms with van der Waals surface area (Å²) in [6, 6.07) is 13.7. The number of ketones is 1. The number of rotatable bonds is 4. The van der Waals surface area contributed by atoms with Gasteiger partial charge in [-0.2, -0.15) is 5.10 Å². The summed E-state index contributed by atoms with van der Waals surface area (Å²) in [7, 11) is 1.65. The molecule has 3 aromatic rings. The average Bonchev–Trinajstić information content (AvgIpc) is 2.86. The Bertz CT molecular complexity index is 838. The minimum Gasteiger partial charge on any atom is -0.497 e. The van der Waals surface area contributed by atoms with Crippen LogP contribution >= 0.6 is 15.9 Å². The fourth-order valence-electron chi connectivity index (χ4n) is 2.43. The molecule has 0 saturated carbocycles. The van der Waals surface area contributed by atoms with E-state index in [1.807, 2.05) is 47.1 Å². The van der Waals surface area contributed by atoms with Crippen molar-refractivity contribution < 1.29 is 9.53 Å². The van der Waals surface area contributed by atoms with Crippen molar-refractivity contribution in [1.82, 2.24) is 9.78 Å². The highest BCUT2D eigenvalue weighted by Gasteiger charge is 2.14. The Kier molecular flexibility index (Phi) is 3.98. The lowest BCUT2D eigenvalue weighted by Gasteiger charge is -2.05. The van der Waals surface area contributed by atoms with Crippen LogP contribution in [0.5, 0.6) is 5.75 Å². The van der Waals surface area contributed by atoms with Crippen LogP contribution in [0.25, 0.3) is 10.9 Å². The monoisotopic (exact) mass is 358 g/mol. The number of carbonyl (C=O) groups is 1. The molecule has 0 radical (unpaired) electrons. The molecule has 22 heavy (non-hydrogen) atoms. The number of methoxy groups -OCH3 is 1. The standard InChI is InChI=1S/C17H15BrN2O2/c1-11(21)17-15-8-5-13(18)9-16(15)20(19-17)10-12-3-6-14(22-2)7-4-12/h3-9H,10H2,1-2H3. The van der Waals surface area contributed by atoms with E-state index in [2.05, 4.69) is 21.0 Å². The van der Waals surface area contributed by atoms with E-state index in [0.717, 1.165) is 26.7 Å². The maximum Gasteiger partial charge on any atom is 0.180 e. The number of Topliss-reactive ketones (excluding diaryl/α,β-unsaturated/α-hetero) is 1. The highest BCUT2D eigenvalue weighted by molar-refractivity contribution is 9.10. The Hall–Kier alpha value is -2.14. The summed E-state index contributed by atoms with van der Waals surface area (Å²) in [6.07, 6.45) is 0. The second kappa shape index (κ2) is 5.93. The van der Waals surface area contributed by atoms with Crippen molar-refractivity contribution in [2.24, 2.45) is 0 Å². The van der Waals surface area contributed by atoms with Gasteiger partial charge in [-0.3, -0.25) is 9.48 Å². The zero-order valence-electron chi connectivity index (χ0n) is 12.3. The Morgan fingerprint density at radius 1 is 1.23 bits per heavy atom. The van der Waals surface area contributed by atoms with Crippen LogP contribution in [-0.4, -0.2) is 22.7 Å². The third-order valence-corrected chi connectivity index (χ3v) is 4.03. The van der Waals surface area contributed by atoms with Gasteiger partial charge in [-0.05, 0) is 35.9 Å². The lowest BCUT2D eigenvalue weighted by Crippen LogP contribution is -2.03. The molecule has 2 aromatic carbocycles. The molecule has 0 N–H and O–H groups in total. The van der Waals surface area contributed by atoms with E-state index in [4.69, 9.17) is 4.74 Å². The largest absolute Gasteiger partial charge is 0.497 e. The molecule has 0 spiro atoms. The van der Waals surface area contributed by atoms with E-state index in [-0.39, 0.29) is 5.78 Å². The molecule has 0 saturated heterocycles. The van der Waals surface area contributed by atoms with Crippen molar-refractivity contribution >= 4 is 32.6 Å². The fourth-order valence-corrected chi connectivity index (χ4v) is 2.78. The van der Waals surface area contributed by atoms with Crippen molar-refractivity contribution in [3.05, 3.63) is 58.2 Å². The lowest BCUT2D eigenvalue weighted by atomic mass is 10.1. The maximum atomic E-state index is 11.8. The molecular formula is C17H15BrN2O2. The minimum atomic E-state index is -0.0270. The van der Waals surface area contributed by atoms with Crippen molar-refractivity contribution in [2.75, 3.05) is 7.11 Å². The van der Waals surface area contributed by atoms with E-state index in [0.29, 0.717) is 12.2 Å². The summed E-state index contributed by atoms with van der Waals surface area (Å²) in [5, 5.41) is 5.36. The molecule has 0 aliphatic carbocycles. The summed E-state index contributed by atoms with van der Waals surface area (Å²) in [4.78, 5) is 11.8. The second-order valence-electron chi connectivity index (χ2n) is 5.07. The molecule has 0 aliphatic rings. The van der Waals surface area contributed by atoms with Crippen molar-refractivity contribution in [3.8, 4) is 5.75 Å². The van der Waals surface area contributed by atoms with Gasteiger partial charge in [0.25, 0.3) is 0 Å². The maximum absolute atomic E-state index is 11.8. The predicted molar refractivity (Wildman–Crippen MR) is 89.5 cm³/mol. The van der Waals surface area contributed by atoms with Crippen LogP contribution in [0.3, 0.4) is 0 Å². The van der Waals surface area contributed by atoms with E-state index < -0.39 is 0 Å². The van der Waals surface area contributed by atoms with Crippen LogP contribution in [0.15, 0.2) is 46.9 Å². The van der Waals surface area contributed by atoms with Gasteiger partial charge in [0.2, 0.25) is 0 Å². The van der Waals surface area contributed by atoms with Crippen LogP contribution < -0.4 is 4.74 Å². The summed E-state index contributed by atoms with van der Waals surface area (Å²) >= 11 is 3.47. The highest BCUT2D eigenvalue weighted by Crippen LogP contribution is 2.24. The number of aromatic nitrogens is 2. The van der Waals surface area contributed by atoms with Crippen LogP contribution in [0, 0.1) is 0 Å². The zero-order chi connectivity index (χ0) is 15.7. The van der Waals surface area contributed by atoms with Gasteiger partial charge in [0.05, 0.1) is 19.2 Å². The smallest absolute Gasteiger partial charge is 0.180 e. The van der Waals surface area contributed by atoms with Crippen molar-refractivity contribution in [2.45, 2.75) is 13.5 Å². The van der Waals surface area contributed by atoms with E-state index in [1.165, 1.54) is 0 Å². The van der Waals surface area contributed by atoms with E-state index in [1.54, 1.807) is 14.0 Å². The van der Waals surface area contributed by atoms with Crippen molar-refractivity contribution in [1.29, 1.82) is 0 Å². The summed E-state index contributed by atoms with van der Waals surface area (Å²) in [6.45, 7) is 2.14. The average molecular weight is 359 g/mol. The molecule has 1 aromatic heterocycles. The number of nitrogens with zero attached hydrogens (tertiary/aromatic N) is 2. The molecule has 112 valence electrons. The highest BCUT2D eigenvalue weighted by atomic mass is 79.9. The molecule has 0 amide bonds. The Labute approximate surface area is 136 Å². The summed E-state index contributed by atoms with van der Waals surface area (Å²) in [5.41, 5.74) is 2.55. The number of hydrogen-bond acceptors (Lipinski definition) is 3. The van der Waals surface area contributed by atoms with Gasteiger partial charge in [-0.1, -0.05) is 28.1 Å².